The van der Waals surface area contributed by atoms with Crippen molar-refractivity contribution < 1.29 is 9.53 Å². The van der Waals surface area contributed by atoms with E-state index in [1.54, 1.807) is 0 Å². The highest BCUT2D eigenvalue weighted by Crippen LogP contribution is 2.30. The van der Waals surface area contributed by atoms with Crippen LogP contribution in [0.4, 0.5) is 0 Å². The quantitative estimate of drug-likeness (QED) is 0.866. The molecule has 1 heterocycles. The minimum Gasteiger partial charge on any atom is -0.487 e. The van der Waals surface area contributed by atoms with E-state index in [2.05, 4.69) is 18.1 Å². The highest BCUT2D eigenvalue weighted by atomic mass is 16.5. The van der Waals surface area contributed by atoms with Crippen molar-refractivity contribution in [3.63, 3.8) is 0 Å². The fraction of sp³-hybridized carbons (Fsp3) is 0.412. The first-order chi connectivity index (χ1) is 10.2. The SMILES string of the molecule is CCc1cc(COc2cccc3c2CCCC3=O)n(C)n1. The van der Waals surface area contributed by atoms with Crippen LogP contribution < -0.4 is 4.74 Å². The molecule has 0 unspecified atom stereocenters. The first-order valence-electron chi connectivity index (χ1n) is 7.48. The maximum atomic E-state index is 11.9. The molecule has 110 valence electrons. The van der Waals surface area contributed by atoms with Crippen molar-refractivity contribution in [1.29, 1.82) is 0 Å². The lowest BCUT2D eigenvalue weighted by atomic mass is 9.90. The Morgan fingerprint density at radius 3 is 2.95 bits per heavy atom. The summed E-state index contributed by atoms with van der Waals surface area (Å²) < 4.78 is 7.82. The lowest BCUT2D eigenvalue weighted by Crippen LogP contribution is -2.12. The summed E-state index contributed by atoms with van der Waals surface area (Å²) in [5.74, 6) is 1.07. The van der Waals surface area contributed by atoms with Gasteiger partial charge in [0.05, 0.1) is 11.4 Å². The molecule has 1 aliphatic carbocycles. The molecule has 0 fully saturated rings. The molecule has 0 spiro atoms. The number of benzene rings is 1. The topological polar surface area (TPSA) is 44.1 Å². The number of fused-ring (bicyclic) bond motifs is 1. The van der Waals surface area contributed by atoms with Crippen LogP contribution in [0.2, 0.25) is 0 Å². The van der Waals surface area contributed by atoms with Crippen LogP contribution in [0.15, 0.2) is 24.3 Å². The Morgan fingerprint density at radius 2 is 2.19 bits per heavy atom. The molecule has 4 nitrogen and oxygen atoms in total. The Hall–Kier alpha value is -2.10. The average molecular weight is 284 g/mol. The number of ketones is 1. The second-order valence-electron chi connectivity index (χ2n) is 5.45. The summed E-state index contributed by atoms with van der Waals surface area (Å²) in [7, 11) is 1.93. The molecular formula is C17H20N2O2. The van der Waals surface area contributed by atoms with Crippen LogP contribution in [-0.4, -0.2) is 15.6 Å². The van der Waals surface area contributed by atoms with Gasteiger partial charge in [-0.1, -0.05) is 19.1 Å². The molecule has 0 aliphatic heterocycles. The molecule has 0 atom stereocenters. The molecule has 0 saturated heterocycles. The van der Waals surface area contributed by atoms with Gasteiger partial charge in [-0.3, -0.25) is 9.48 Å². The molecule has 4 heteroatoms. The number of ether oxygens (including phenoxy) is 1. The first-order valence-corrected chi connectivity index (χ1v) is 7.48. The van der Waals surface area contributed by atoms with Gasteiger partial charge in [-0.25, -0.2) is 0 Å². The summed E-state index contributed by atoms with van der Waals surface area (Å²) in [6.45, 7) is 2.57. The molecule has 3 rings (SSSR count). The molecule has 0 amide bonds. The van der Waals surface area contributed by atoms with E-state index in [1.165, 1.54) is 0 Å². The van der Waals surface area contributed by atoms with Crippen molar-refractivity contribution in [1.82, 2.24) is 9.78 Å². The number of aryl methyl sites for hydroxylation is 2. The molecule has 21 heavy (non-hydrogen) atoms. The van der Waals surface area contributed by atoms with Crippen LogP contribution in [0.3, 0.4) is 0 Å². The van der Waals surface area contributed by atoms with Crippen molar-refractivity contribution in [2.24, 2.45) is 7.05 Å². The van der Waals surface area contributed by atoms with E-state index < -0.39 is 0 Å². The van der Waals surface area contributed by atoms with Gasteiger partial charge >= 0.3 is 0 Å². The van der Waals surface area contributed by atoms with Gasteiger partial charge in [0.2, 0.25) is 0 Å². The van der Waals surface area contributed by atoms with Gasteiger partial charge in [-0.15, -0.1) is 0 Å². The summed E-state index contributed by atoms with van der Waals surface area (Å²) in [6.07, 6.45) is 3.40. The van der Waals surface area contributed by atoms with Crippen LogP contribution >= 0.6 is 0 Å². The summed E-state index contributed by atoms with van der Waals surface area (Å²) in [6, 6.07) is 7.83. The van der Waals surface area contributed by atoms with E-state index in [1.807, 2.05) is 29.9 Å². The normalized spacial score (nSPS) is 14.1. The second-order valence-corrected chi connectivity index (χ2v) is 5.45. The zero-order valence-corrected chi connectivity index (χ0v) is 12.6. The third-order valence-electron chi connectivity index (χ3n) is 4.03. The third-order valence-corrected chi connectivity index (χ3v) is 4.03. The average Bonchev–Trinajstić information content (AvgIpc) is 2.86. The number of carbonyl (C=O) groups excluding carboxylic acids is 1. The zero-order chi connectivity index (χ0) is 14.8. The maximum absolute atomic E-state index is 11.9. The minimum absolute atomic E-state index is 0.232. The number of carbonyl (C=O) groups is 1. The molecule has 1 aliphatic rings. The summed E-state index contributed by atoms with van der Waals surface area (Å²) in [5, 5.41) is 4.42. The monoisotopic (exact) mass is 284 g/mol. The van der Waals surface area contributed by atoms with Crippen molar-refractivity contribution in [2.75, 3.05) is 0 Å². The molecule has 2 aromatic rings. The molecule has 0 N–H and O–H groups in total. The van der Waals surface area contributed by atoms with Crippen LogP contribution in [0.25, 0.3) is 0 Å². The van der Waals surface area contributed by atoms with Gasteiger partial charge in [0.25, 0.3) is 0 Å². The molecule has 0 radical (unpaired) electrons. The fourth-order valence-corrected chi connectivity index (χ4v) is 2.81. The summed E-state index contributed by atoms with van der Waals surface area (Å²) in [4.78, 5) is 11.9. The molecule has 0 saturated carbocycles. The Kier molecular flexibility index (Phi) is 3.78. The number of rotatable bonds is 4. The molecule has 1 aromatic carbocycles. The van der Waals surface area contributed by atoms with Crippen molar-refractivity contribution in [3.05, 3.63) is 46.8 Å². The number of hydrogen-bond acceptors (Lipinski definition) is 3. The van der Waals surface area contributed by atoms with Gasteiger partial charge in [0.1, 0.15) is 12.4 Å². The Labute approximate surface area is 124 Å². The highest BCUT2D eigenvalue weighted by molar-refractivity contribution is 5.99. The predicted molar refractivity (Wildman–Crippen MR) is 80.6 cm³/mol. The number of aromatic nitrogens is 2. The van der Waals surface area contributed by atoms with E-state index in [0.29, 0.717) is 13.0 Å². The van der Waals surface area contributed by atoms with Gasteiger partial charge in [-0.2, -0.15) is 5.10 Å². The van der Waals surface area contributed by atoms with Gasteiger partial charge in [-0.05, 0) is 31.4 Å². The third kappa shape index (κ3) is 2.71. The lowest BCUT2D eigenvalue weighted by Gasteiger charge is -2.18. The Balaban J connectivity index is 1.81. The Morgan fingerprint density at radius 1 is 1.33 bits per heavy atom. The van der Waals surface area contributed by atoms with Gasteiger partial charge < -0.3 is 4.74 Å². The van der Waals surface area contributed by atoms with E-state index in [-0.39, 0.29) is 5.78 Å². The van der Waals surface area contributed by atoms with Crippen LogP contribution in [0, 0.1) is 0 Å². The van der Waals surface area contributed by atoms with Crippen LogP contribution in [-0.2, 0) is 26.5 Å². The van der Waals surface area contributed by atoms with E-state index in [9.17, 15) is 4.79 Å². The summed E-state index contributed by atoms with van der Waals surface area (Å²) in [5.41, 5.74) is 4.01. The van der Waals surface area contributed by atoms with E-state index in [4.69, 9.17) is 4.74 Å². The first kappa shape index (κ1) is 13.9. The van der Waals surface area contributed by atoms with Crippen LogP contribution in [0.1, 0.15) is 47.1 Å². The largest absolute Gasteiger partial charge is 0.487 e. The number of hydrogen-bond donors (Lipinski definition) is 0. The fourth-order valence-electron chi connectivity index (χ4n) is 2.81. The summed E-state index contributed by atoms with van der Waals surface area (Å²) >= 11 is 0. The highest BCUT2D eigenvalue weighted by Gasteiger charge is 2.20. The standard InChI is InChI=1S/C17H20N2O2/c1-3-12-10-13(19(2)18-12)11-21-17-9-5-6-14-15(17)7-4-8-16(14)20/h5-6,9-10H,3-4,7-8,11H2,1-2H3. The van der Waals surface area contributed by atoms with Crippen LogP contribution in [0.5, 0.6) is 5.75 Å². The van der Waals surface area contributed by atoms with Crippen molar-refractivity contribution in [3.8, 4) is 5.75 Å². The minimum atomic E-state index is 0.232. The Bertz CT molecular complexity index is 673. The number of nitrogens with zero attached hydrogens (tertiary/aromatic N) is 2. The van der Waals surface area contributed by atoms with Crippen molar-refractivity contribution in [2.45, 2.75) is 39.2 Å². The van der Waals surface area contributed by atoms with Gasteiger partial charge in [0, 0.05) is 24.6 Å². The van der Waals surface area contributed by atoms with E-state index in [0.717, 1.165) is 47.5 Å². The molecular weight excluding hydrogens is 264 g/mol. The van der Waals surface area contributed by atoms with Crippen molar-refractivity contribution >= 4 is 5.78 Å². The molecule has 0 bridgehead atoms. The van der Waals surface area contributed by atoms with Gasteiger partial charge in [0.15, 0.2) is 5.78 Å². The molecule has 1 aromatic heterocycles. The zero-order valence-electron chi connectivity index (χ0n) is 12.6. The lowest BCUT2D eigenvalue weighted by molar-refractivity contribution is 0.0971. The smallest absolute Gasteiger partial charge is 0.163 e. The second kappa shape index (κ2) is 5.72. The van der Waals surface area contributed by atoms with E-state index >= 15 is 0 Å². The number of Topliss-reactive ketones (excluding diaryl/α,β-unsaturated/α-hetero) is 1. The maximum Gasteiger partial charge on any atom is 0.163 e. The predicted octanol–water partition coefficient (Wildman–Crippen LogP) is 3.08.